The Morgan fingerprint density at radius 2 is 2.31 bits per heavy atom. The molecule has 1 saturated carbocycles. The van der Waals surface area contributed by atoms with E-state index in [0.717, 1.165) is 19.3 Å². The van der Waals surface area contributed by atoms with E-state index < -0.39 is 0 Å². The van der Waals surface area contributed by atoms with Crippen LogP contribution in [0.4, 0.5) is 0 Å². The average molecular weight is 241 g/mol. The number of amides is 1. The summed E-state index contributed by atoms with van der Waals surface area (Å²) in [6.45, 7) is 0. The molecule has 16 heavy (non-hydrogen) atoms. The third kappa shape index (κ3) is 2.27. The Hall–Kier alpha value is -1.29. The number of aromatic nitrogens is 1. The predicted molar refractivity (Wildman–Crippen MR) is 61.8 cm³/mol. The summed E-state index contributed by atoms with van der Waals surface area (Å²) in [4.78, 5) is 25.9. The van der Waals surface area contributed by atoms with Gasteiger partial charge in [0.05, 0.1) is 5.38 Å². The minimum absolute atomic E-state index is 0.0197. The van der Waals surface area contributed by atoms with E-state index in [1.807, 2.05) is 0 Å². The first-order valence-electron chi connectivity index (χ1n) is 5.30. The standard InChI is InChI=1S/C11H13ClN2O2/c12-8-2-1-3-9(8)14-11(16)7-6-13-5-4-10(7)15/h4-6,8-9H,1-3H2,(H,13,15)(H,14,16). The molecule has 1 aliphatic rings. The summed E-state index contributed by atoms with van der Waals surface area (Å²) in [6.07, 6.45) is 5.72. The van der Waals surface area contributed by atoms with Gasteiger partial charge < -0.3 is 10.3 Å². The van der Waals surface area contributed by atoms with Gasteiger partial charge in [-0.05, 0) is 19.3 Å². The number of H-pyrrole nitrogens is 1. The maximum atomic E-state index is 11.8. The lowest BCUT2D eigenvalue weighted by Gasteiger charge is -2.15. The molecule has 2 rings (SSSR count). The smallest absolute Gasteiger partial charge is 0.257 e. The maximum absolute atomic E-state index is 11.8. The van der Waals surface area contributed by atoms with Crippen LogP contribution in [0.25, 0.3) is 0 Å². The Balaban J connectivity index is 2.09. The van der Waals surface area contributed by atoms with Crippen molar-refractivity contribution in [3.63, 3.8) is 0 Å². The Morgan fingerprint density at radius 1 is 1.50 bits per heavy atom. The normalized spacial score (nSPS) is 24.3. The molecular formula is C11H13ClN2O2. The van der Waals surface area contributed by atoms with E-state index in [1.54, 1.807) is 0 Å². The van der Waals surface area contributed by atoms with E-state index in [9.17, 15) is 9.59 Å². The van der Waals surface area contributed by atoms with Crippen LogP contribution in [-0.4, -0.2) is 22.3 Å². The summed E-state index contributed by atoms with van der Waals surface area (Å²) < 4.78 is 0. The van der Waals surface area contributed by atoms with E-state index in [-0.39, 0.29) is 28.3 Å². The first-order chi connectivity index (χ1) is 7.68. The number of nitrogens with one attached hydrogen (secondary N) is 2. The molecule has 1 aromatic rings. The monoisotopic (exact) mass is 240 g/mol. The van der Waals surface area contributed by atoms with Crippen molar-refractivity contribution in [2.75, 3.05) is 0 Å². The molecule has 2 atom stereocenters. The lowest BCUT2D eigenvalue weighted by molar-refractivity contribution is 0.0937. The molecular weight excluding hydrogens is 228 g/mol. The molecule has 4 nitrogen and oxygen atoms in total. The Morgan fingerprint density at radius 3 is 2.94 bits per heavy atom. The second-order valence-electron chi connectivity index (χ2n) is 3.95. The van der Waals surface area contributed by atoms with Crippen LogP contribution in [0, 0.1) is 0 Å². The zero-order chi connectivity index (χ0) is 11.5. The molecule has 86 valence electrons. The zero-order valence-electron chi connectivity index (χ0n) is 8.70. The Labute approximate surface area is 98.0 Å². The van der Waals surface area contributed by atoms with Gasteiger partial charge in [0.15, 0.2) is 5.43 Å². The first-order valence-corrected chi connectivity index (χ1v) is 5.74. The van der Waals surface area contributed by atoms with Gasteiger partial charge in [-0.2, -0.15) is 0 Å². The van der Waals surface area contributed by atoms with Crippen LogP contribution in [0.5, 0.6) is 0 Å². The number of hydrogen-bond acceptors (Lipinski definition) is 2. The number of alkyl halides is 1. The van der Waals surface area contributed by atoms with Crippen LogP contribution < -0.4 is 10.7 Å². The fourth-order valence-corrected chi connectivity index (χ4v) is 2.26. The Kier molecular flexibility index (Phi) is 3.29. The highest BCUT2D eigenvalue weighted by Gasteiger charge is 2.27. The van der Waals surface area contributed by atoms with Crippen molar-refractivity contribution in [2.24, 2.45) is 0 Å². The lowest BCUT2D eigenvalue weighted by Crippen LogP contribution is -2.39. The summed E-state index contributed by atoms with van der Waals surface area (Å²) in [6, 6.07) is 1.32. The van der Waals surface area contributed by atoms with Crippen molar-refractivity contribution < 1.29 is 4.79 Å². The van der Waals surface area contributed by atoms with Gasteiger partial charge in [0.25, 0.3) is 5.91 Å². The highest BCUT2D eigenvalue weighted by atomic mass is 35.5. The SMILES string of the molecule is O=C(NC1CCCC1Cl)c1c[nH]ccc1=O. The minimum Gasteiger partial charge on any atom is -0.367 e. The molecule has 2 N–H and O–H groups in total. The molecule has 2 unspecified atom stereocenters. The maximum Gasteiger partial charge on any atom is 0.257 e. The fraction of sp³-hybridized carbons (Fsp3) is 0.455. The number of aromatic amines is 1. The molecule has 0 bridgehead atoms. The molecule has 0 aromatic carbocycles. The van der Waals surface area contributed by atoms with E-state index in [4.69, 9.17) is 11.6 Å². The van der Waals surface area contributed by atoms with Crippen molar-refractivity contribution in [3.8, 4) is 0 Å². The summed E-state index contributed by atoms with van der Waals surface area (Å²) in [7, 11) is 0. The van der Waals surface area contributed by atoms with Crippen molar-refractivity contribution >= 4 is 17.5 Å². The summed E-state index contributed by atoms with van der Waals surface area (Å²) in [5, 5.41) is 2.77. The van der Waals surface area contributed by atoms with Gasteiger partial charge in [-0.15, -0.1) is 11.6 Å². The number of carbonyl (C=O) groups is 1. The van der Waals surface area contributed by atoms with Crippen molar-refractivity contribution in [2.45, 2.75) is 30.7 Å². The number of halogens is 1. The molecule has 0 spiro atoms. The molecule has 1 heterocycles. The van der Waals surface area contributed by atoms with Gasteiger partial charge in [-0.1, -0.05) is 0 Å². The molecule has 1 fully saturated rings. The van der Waals surface area contributed by atoms with Gasteiger partial charge in [-0.3, -0.25) is 9.59 Å². The van der Waals surface area contributed by atoms with E-state index in [2.05, 4.69) is 10.3 Å². The molecule has 0 radical (unpaired) electrons. The third-order valence-corrected chi connectivity index (χ3v) is 3.34. The number of rotatable bonds is 2. The average Bonchev–Trinajstić information content (AvgIpc) is 2.65. The number of carbonyl (C=O) groups excluding carboxylic acids is 1. The van der Waals surface area contributed by atoms with Crippen LogP contribution in [0.15, 0.2) is 23.3 Å². The third-order valence-electron chi connectivity index (χ3n) is 2.82. The minimum atomic E-state index is -0.348. The summed E-state index contributed by atoms with van der Waals surface area (Å²) in [5.74, 6) is -0.348. The van der Waals surface area contributed by atoms with Gasteiger partial charge >= 0.3 is 0 Å². The van der Waals surface area contributed by atoms with Gasteiger partial charge in [0.2, 0.25) is 0 Å². The molecule has 0 saturated heterocycles. The van der Waals surface area contributed by atoms with Crippen molar-refractivity contribution in [3.05, 3.63) is 34.2 Å². The van der Waals surface area contributed by atoms with Gasteiger partial charge in [0, 0.05) is 24.5 Å². The number of pyridine rings is 1. The summed E-state index contributed by atoms with van der Waals surface area (Å²) in [5.41, 5.74) is -0.140. The highest BCUT2D eigenvalue weighted by molar-refractivity contribution is 6.21. The molecule has 0 aliphatic heterocycles. The largest absolute Gasteiger partial charge is 0.367 e. The second-order valence-corrected chi connectivity index (χ2v) is 4.51. The van der Waals surface area contributed by atoms with Gasteiger partial charge in [-0.25, -0.2) is 0 Å². The van der Waals surface area contributed by atoms with Crippen LogP contribution in [-0.2, 0) is 0 Å². The zero-order valence-corrected chi connectivity index (χ0v) is 9.46. The lowest BCUT2D eigenvalue weighted by atomic mass is 10.2. The van der Waals surface area contributed by atoms with E-state index in [0.29, 0.717) is 0 Å². The van der Waals surface area contributed by atoms with Crippen molar-refractivity contribution in [1.29, 1.82) is 0 Å². The van der Waals surface area contributed by atoms with Crippen LogP contribution >= 0.6 is 11.6 Å². The van der Waals surface area contributed by atoms with E-state index in [1.165, 1.54) is 18.5 Å². The predicted octanol–water partition coefficient (Wildman–Crippen LogP) is 1.26. The molecule has 1 amide bonds. The van der Waals surface area contributed by atoms with Crippen LogP contribution in [0.2, 0.25) is 0 Å². The molecule has 1 aliphatic carbocycles. The highest BCUT2D eigenvalue weighted by Crippen LogP contribution is 2.23. The quantitative estimate of drug-likeness (QED) is 0.765. The first kappa shape index (κ1) is 11.2. The molecule has 1 aromatic heterocycles. The fourth-order valence-electron chi connectivity index (χ4n) is 1.92. The number of hydrogen-bond donors (Lipinski definition) is 2. The van der Waals surface area contributed by atoms with E-state index >= 15 is 0 Å². The second kappa shape index (κ2) is 4.70. The van der Waals surface area contributed by atoms with Gasteiger partial charge in [0.1, 0.15) is 5.56 Å². The van der Waals surface area contributed by atoms with Crippen LogP contribution in [0.3, 0.4) is 0 Å². The van der Waals surface area contributed by atoms with Crippen molar-refractivity contribution in [1.82, 2.24) is 10.3 Å². The molecule has 5 heteroatoms. The topological polar surface area (TPSA) is 62.0 Å². The Bertz CT molecular complexity index is 444. The van der Waals surface area contributed by atoms with Crippen LogP contribution in [0.1, 0.15) is 29.6 Å². The summed E-state index contributed by atoms with van der Waals surface area (Å²) >= 11 is 6.05.